The summed E-state index contributed by atoms with van der Waals surface area (Å²) in [6.45, 7) is 3.24. The highest BCUT2D eigenvalue weighted by Gasteiger charge is 2.03. The van der Waals surface area contributed by atoms with Crippen LogP contribution in [0.15, 0.2) is 54.7 Å². The van der Waals surface area contributed by atoms with Crippen molar-refractivity contribution < 1.29 is 4.74 Å². The van der Waals surface area contributed by atoms with Crippen molar-refractivity contribution in [2.75, 3.05) is 11.9 Å². The number of aromatic nitrogens is 2. The zero-order valence-electron chi connectivity index (χ0n) is 11.9. The minimum absolute atomic E-state index is 0.615. The third-order valence-electron chi connectivity index (χ3n) is 3.19. The third-order valence-corrected chi connectivity index (χ3v) is 3.19. The number of benzene rings is 1. The number of para-hydroxylation sites is 1. The number of hydrogen-bond donors (Lipinski definition) is 1. The number of rotatable bonds is 5. The van der Waals surface area contributed by atoms with E-state index < -0.39 is 0 Å². The second-order valence-corrected chi connectivity index (χ2v) is 4.64. The number of ether oxygens (including phenoxy) is 1. The molecule has 106 valence electrons. The van der Waals surface area contributed by atoms with Gasteiger partial charge in [0.2, 0.25) is 5.88 Å². The van der Waals surface area contributed by atoms with Crippen molar-refractivity contribution >= 4 is 16.7 Å². The summed E-state index contributed by atoms with van der Waals surface area (Å²) in [6, 6.07) is 15.9. The van der Waals surface area contributed by atoms with Crippen molar-refractivity contribution in [3.63, 3.8) is 0 Å². The molecule has 0 fully saturated rings. The van der Waals surface area contributed by atoms with Crippen LogP contribution in [0, 0.1) is 0 Å². The normalized spacial score (nSPS) is 10.5. The van der Waals surface area contributed by atoms with Crippen LogP contribution in [0.4, 0.5) is 5.82 Å². The summed E-state index contributed by atoms with van der Waals surface area (Å²) >= 11 is 0. The molecule has 0 unspecified atom stereocenters. The Morgan fingerprint density at radius 3 is 2.81 bits per heavy atom. The quantitative estimate of drug-likeness (QED) is 0.774. The molecule has 4 heteroatoms. The van der Waals surface area contributed by atoms with Crippen molar-refractivity contribution in [3.05, 3.63) is 60.3 Å². The number of nitrogens with zero attached hydrogens (tertiary/aromatic N) is 2. The molecule has 2 aromatic heterocycles. The highest BCUT2D eigenvalue weighted by atomic mass is 16.5. The minimum atomic E-state index is 0.615. The maximum absolute atomic E-state index is 5.41. The first-order valence-electron chi connectivity index (χ1n) is 7.03. The van der Waals surface area contributed by atoms with E-state index in [2.05, 4.69) is 33.5 Å². The molecule has 1 N–H and O–H groups in total. The van der Waals surface area contributed by atoms with Gasteiger partial charge >= 0.3 is 0 Å². The molecule has 0 aliphatic heterocycles. The molecule has 0 spiro atoms. The van der Waals surface area contributed by atoms with E-state index in [1.54, 1.807) is 0 Å². The van der Waals surface area contributed by atoms with Crippen LogP contribution in [0.5, 0.6) is 5.88 Å². The van der Waals surface area contributed by atoms with E-state index in [9.17, 15) is 0 Å². The molecule has 3 rings (SSSR count). The van der Waals surface area contributed by atoms with E-state index in [1.165, 1.54) is 0 Å². The monoisotopic (exact) mass is 279 g/mol. The summed E-state index contributed by atoms with van der Waals surface area (Å²) in [5, 5.41) is 4.47. The molecule has 4 nitrogen and oxygen atoms in total. The van der Waals surface area contributed by atoms with Crippen LogP contribution in [-0.2, 0) is 6.54 Å². The molecule has 0 amide bonds. The van der Waals surface area contributed by atoms with Gasteiger partial charge in [0.05, 0.1) is 12.1 Å². The summed E-state index contributed by atoms with van der Waals surface area (Å²) in [6.07, 6.45) is 1.82. The van der Waals surface area contributed by atoms with Gasteiger partial charge in [0.15, 0.2) is 0 Å². The van der Waals surface area contributed by atoms with Crippen LogP contribution >= 0.6 is 0 Å². The van der Waals surface area contributed by atoms with Gasteiger partial charge in [0, 0.05) is 24.2 Å². The van der Waals surface area contributed by atoms with Crippen LogP contribution in [0.25, 0.3) is 10.9 Å². The Morgan fingerprint density at radius 2 is 1.90 bits per heavy atom. The van der Waals surface area contributed by atoms with Crippen LogP contribution in [-0.4, -0.2) is 16.6 Å². The lowest BCUT2D eigenvalue weighted by Crippen LogP contribution is -2.03. The van der Waals surface area contributed by atoms with Gasteiger partial charge in [-0.25, -0.2) is 0 Å². The van der Waals surface area contributed by atoms with Crippen molar-refractivity contribution in [2.24, 2.45) is 0 Å². The molecule has 1 aromatic carbocycles. The van der Waals surface area contributed by atoms with Gasteiger partial charge in [-0.1, -0.05) is 30.3 Å². The van der Waals surface area contributed by atoms with Crippen molar-refractivity contribution in [1.29, 1.82) is 0 Å². The summed E-state index contributed by atoms with van der Waals surface area (Å²) in [5.74, 6) is 1.44. The Kier molecular flexibility index (Phi) is 3.96. The summed E-state index contributed by atoms with van der Waals surface area (Å²) in [4.78, 5) is 8.86. The molecule has 0 saturated heterocycles. The number of hydrogen-bond acceptors (Lipinski definition) is 4. The average Bonchev–Trinajstić information content (AvgIpc) is 2.53. The molecule has 0 bridgehead atoms. The fourth-order valence-corrected chi connectivity index (χ4v) is 2.24. The van der Waals surface area contributed by atoms with E-state index >= 15 is 0 Å². The van der Waals surface area contributed by atoms with Gasteiger partial charge in [0.1, 0.15) is 5.82 Å². The van der Waals surface area contributed by atoms with Gasteiger partial charge in [0.25, 0.3) is 0 Å². The lowest BCUT2D eigenvalue weighted by molar-refractivity contribution is 0.327. The number of nitrogens with one attached hydrogen (secondary N) is 1. The summed E-state index contributed by atoms with van der Waals surface area (Å²) in [7, 11) is 0. The predicted molar refractivity (Wildman–Crippen MR) is 84.5 cm³/mol. The third kappa shape index (κ3) is 3.11. The first kappa shape index (κ1) is 13.4. The molecule has 0 aliphatic carbocycles. The fraction of sp³-hybridized carbons (Fsp3) is 0.176. The molecule has 0 aliphatic rings. The molecule has 2 heterocycles. The molecule has 21 heavy (non-hydrogen) atoms. The van der Waals surface area contributed by atoms with Gasteiger partial charge in [-0.3, -0.25) is 4.98 Å². The van der Waals surface area contributed by atoms with E-state index in [0.29, 0.717) is 19.0 Å². The number of anilines is 1. The van der Waals surface area contributed by atoms with E-state index in [1.807, 2.05) is 43.5 Å². The SMILES string of the molecule is CCOc1cccc(NCc2cccc3cccnc23)n1. The van der Waals surface area contributed by atoms with Gasteiger partial charge in [-0.05, 0) is 24.6 Å². The van der Waals surface area contributed by atoms with Crippen LogP contribution in [0.2, 0.25) is 0 Å². The largest absolute Gasteiger partial charge is 0.478 e. The van der Waals surface area contributed by atoms with Gasteiger partial charge in [-0.15, -0.1) is 0 Å². The maximum Gasteiger partial charge on any atom is 0.215 e. The van der Waals surface area contributed by atoms with Crippen molar-refractivity contribution in [2.45, 2.75) is 13.5 Å². The van der Waals surface area contributed by atoms with Crippen LogP contribution in [0.1, 0.15) is 12.5 Å². The molecule has 0 saturated carbocycles. The summed E-state index contributed by atoms with van der Waals surface area (Å²) < 4.78 is 5.41. The Morgan fingerprint density at radius 1 is 1.05 bits per heavy atom. The maximum atomic E-state index is 5.41. The Labute approximate surface area is 123 Å². The van der Waals surface area contributed by atoms with E-state index in [-0.39, 0.29) is 0 Å². The lowest BCUT2D eigenvalue weighted by Gasteiger charge is -2.09. The van der Waals surface area contributed by atoms with Crippen LogP contribution in [0.3, 0.4) is 0 Å². The zero-order chi connectivity index (χ0) is 14.5. The smallest absolute Gasteiger partial charge is 0.215 e. The standard InChI is InChI=1S/C17H17N3O/c1-2-21-16-10-4-9-15(20-16)19-12-14-7-3-6-13-8-5-11-18-17(13)14/h3-11H,2,12H2,1H3,(H,19,20). The summed E-state index contributed by atoms with van der Waals surface area (Å²) in [5.41, 5.74) is 2.17. The second-order valence-electron chi connectivity index (χ2n) is 4.64. The number of pyridine rings is 2. The molecule has 3 aromatic rings. The Balaban J connectivity index is 1.79. The lowest BCUT2D eigenvalue weighted by atomic mass is 10.1. The molecular weight excluding hydrogens is 262 g/mol. The molecular formula is C17H17N3O. The Hall–Kier alpha value is -2.62. The highest BCUT2D eigenvalue weighted by molar-refractivity contribution is 5.81. The fourth-order valence-electron chi connectivity index (χ4n) is 2.24. The van der Waals surface area contributed by atoms with E-state index in [0.717, 1.165) is 22.3 Å². The first-order chi connectivity index (χ1) is 10.4. The predicted octanol–water partition coefficient (Wildman–Crippen LogP) is 3.64. The molecule has 0 atom stereocenters. The van der Waals surface area contributed by atoms with Gasteiger partial charge < -0.3 is 10.1 Å². The zero-order valence-corrected chi connectivity index (χ0v) is 11.9. The number of fused-ring (bicyclic) bond motifs is 1. The van der Waals surface area contributed by atoms with Crippen molar-refractivity contribution in [1.82, 2.24) is 9.97 Å². The van der Waals surface area contributed by atoms with E-state index in [4.69, 9.17) is 4.74 Å². The average molecular weight is 279 g/mol. The first-order valence-corrected chi connectivity index (χ1v) is 7.03. The van der Waals surface area contributed by atoms with Crippen LogP contribution < -0.4 is 10.1 Å². The second kappa shape index (κ2) is 6.22. The topological polar surface area (TPSA) is 47.0 Å². The highest BCUT2D eigenvalue weighted by Crippen LogP contribution is 2.18. The minimum Gasteiger partial charge on any atom is -0.478 e. The van der Waals surface area contributed by atoms with Crippen molar-refractivity contribution in [3.8, 4) is 5.88 Å². The van der Waals surface area contributed by atoms with Gasteiger partial charge in [-0.2, -0.15) is 4.98 Å². The molecule has 0 radical (unpaired) electrons. The Bertz CT molecular complexity index is 737.